The van der Waals surface area contributed by atoms with Gasteiger partial charge in [0.15, 0.2) is 0 Å². The Morgan fingerprint density at radius 1 is 1.33 bits per heavy atom. The van der Waals surface area contributed by atoms with E-state index in [0.717, 1.165) is 22.0 Å². The van der Waals surface area contributed by atoms with Crippen molar-refractivity contribution in [2.75, 3.05) is 6.61 Å². The van der Waals surface area contributed by atoms with Crippen molar-refractivity contribution in [1.82, 2.24) is 4.57 Å². The van der Waals surface area contributed by atoms with Gasteiger partial charge in [-0.3, -0.25) is 0 Å². The van der Waals surface area contributed by atoms with Crippen molar-refractivity contribution in [2.45, 2.75) is 26.8 Å². The molecule has 0 saturated heterocycles. The molecule has 4 nitrogen and oxygen atoms in total. The molecule has 0 unspecified atom stereocenters. The van der Waals surface area contributed by atoms with Crippen LogP contribution in [-0.2, 0) is 6.54 Å². The molecule has 0 aliphatic carbocycles. The van der Waals surface area contributed by atoms with Gasteiger partial charge < -0.3 is 14.8 Å². The van der Waals surface area contributed by atoms with Crippen LogP contribution in [-0.4, -0.2) is 27.4 Å². The van der Waals surface area contributed by atoms with E-state index in [1.54, 1.807) is 6.20 Å². The lowest BCUT2D eigenvalue weighted by Gasteiger charge is -2.07. The maximum atomic E-state index is 11.3. The Kier molecular flexibility index (Phi) is 3.39. The molecule has 0 fully saturated rings. The molecule has 18 heavy (non-hydrogen) atoms. The van der Waals surface area contributed by atoms with E-state index in [1.165, 1.54) is 0 Å². The molecule has 0 aliphatic rings. The van der Waals surface area contributed by atoms with Gasteiger partial charge in [-0.15, -0.1) is 0 Å². The summed E-state index contributed by atoms with van der Waals surface area (Å²) in [5.74, 6) is -0.909. The van der Waals surface area contributed by atoms with Gasteiger partial charge in [0.25, 0.3) is 0 Å². The molecule has 2 rings (SSSR count). The number of aromatic carboxylic acids is 1. The summed E-state index contributed by atoms with van der Waals surface area (Å²) >= 11 is 0. The minimum atomic E-state index is -0.909. The van der Waals surface area contributed by atoms with Crippen molar-refractivity contribution >= 4 is 16.9 Å². The third-order valence-electron chi connectivity index (χ3n) is 3.09. The molecule has 2 N–H and O–H groups in total. The number of benzene rings is 1. The maximum absolute atomic E-state index is 11.3. The molecular formula is C14H17NO3. The molecule has 4 heteroatoms. The topological polar surface area (TPSA) is 62.5 Å². The van der Waals surface area contributed by atoms with Crippen LogP contribution in [0.1, 0.15) is 27.9 Å². The van der Waals surface area contributed by atoms with Crippen molar-refractivity contribution in [3.63, 3.8) is 0 Å². The Balaban J connectivity index is 2.68. The molecule has 0 saturated carbocycles. The summed E-state index contributed by atoms with van der Waals surface area (Å²) in [7, 11) is 0. The summed E-state index contributed by atoms with van der Waals surface area (Å²) in [6.45, 7) is 4.68. The molecular weight excluding hydrogens is 230 g/mol. The number of carbonyl (C=O) groups is 1. The molecule has 0 amide bonds. The number of aliphatic hydroxyl groups is 1. The van der Waals surface area contributed by atoms with Crippen molar-refractivity contribution in [3.8, 4) is 0 Å². The Morgan fingerprint density at radius 3 is 2.67 bits per heavy atom. The van der Waals surface area contributed by atoms with E-state index >= 15 is 0 Å². The Bertz CT molecular complexity index is 599. The third-order valence-corrected chi connectivity index (χ3v) is 3.09. The Labute approximate surface area is 105 Å². The molecule has 1 heterocycles. The first kappa shape index (κ1) is 12.6. The fraction of sp³-hybridized carbons (Fsp3) is 0.357. The largest absolute Gasteiger partial charge is 0.478 e. The van der Waals surface area contributed by atoms with Crippen molar-refractivity contribution in [2.24, 2.45) is 0 Å². The zero-order chi connectivity index (χ0) is 13.3. The second-order valence-corrected chi connectivity index (χ2v) is 4.60. The number of aromatic nitrogens is 1. The van der Waals surface area contributed by atoms with Gasteiger partial charge in [0.05, 0.1) is 11.1 Å². The zero-order valence-corrected chi connectivity index (χ0v) is 10.6. The fourth-order valence-electron chi connectivity index (χ4n) is 2.42. The van der Waals surface area contributed by atoms with Crippen molar-refractivity contribution in [1.29, 1.82) is 0 Å². The van der Waals surface area contributed by atoms with Gasteiger partial charge in [0, 0.05) is 24.7 Å². The van der Waals surface area contributed by atoms with Gasteiger partial charge in [-0.1, -0.05) is 11.6 Å². The molecule has 96 valence electrons. The van der Waals surface area contributed by atoms with E-state index in [1.807, 2.05) is 30.5 Å². The summed E-state index contributed by atoms with van der Waals surface area (Å²) in [6, 6.07) is 3.95. The summed E-state index contributed by atoms with van der Waals surface area (Å²) in [4.78, 5) is 11.3. The number of fused-ring (bicyclic) bond motifs is 1. The first-order valence-electron chi connectivity index (χ1n) is 5.99. The highest BCUT2D eigenvalue weighted by Gasteiger charge is 2.15. The van der Waals surface area contributed by atoms with Crippen LogP contribution in [0.2, 0.25) is 0 Å². The summed E-state index contributed by atoms with van der Waals surface area (Å²) in [5, 5.41) is 18.9. The van der Waals surface area contributed by atoms with E-state index < -0.39 is 5.97 Å². The lowest BCUT2D eigenvalue weighted by atomic mass is 10.1. The normalized spacial score (nSPS) is 11.1. The number of nitrogens with zero attached hydrogens (tertiary/aromatic N) is 1. The summed E-state index contributed by atoms with van der Waals surface area (Å²) in [6.07, 6.45) is 2.28. The Hall–Kier alpha value is -1.81. The van der Waals surface area contributed by atoms with Gasteiger partial charge in [0.2, 0.25) is 0 Å². The van der Waals surface area contributed by atoms with Gasteiger partial charge in [-0.2, -0.15) is 0 Å². The minimum absolute atomic E-state index is 0.104. The molecule has 0 atom stereocenters. The quantitative estimate of drug-likeness (QED) is 0.871. The van der Waals surface area contributed by atoms with Crippen LogP contribution in [0.4, 0.5) is 0 Å². The number of carboxylic acids is 1. The smallest absolute Gasteiger partial charge is 0.337 e. The average Bonchev–Trinajstić information content (AvgIpc) is 2.65. The average molecular weight is 247 g/mol. The van der Waals surface area contributed by atoms with Crippen LogP contribution < -0.4 is 0 Å². The summed E-state index contributed by atoms with van der Waals surface area (Å²) < 4.78 is 1.92. The van der Waals surface area contributed by atoms with E-state index in [-0.39, 0.29) is 6.61 Å². The van der Waals surface area contributed by atoms with Gasteiger partial charge >= 0.3 is 5.97 Å². The number of aliphatic hydroxyl groups excluding tert-OH is 1. The molecule has 0 spiro atoms. The van der Waals surface area contributed by atoms with Gasteiger partial charge in [-0.05, 0) is 31.9 Å². The third kappa shape index (κ3) is 2.11. The number of rotatable bonds is 4. The van der Waals surface area contributed by atoms with Crippen LogP contribution in [0.3, 0.4) is 0 Å². The molecule has 0 aliphatic heterocycles. The minimum Gasteiger partial charge on any atom is -0.478 e. The standard InChI is InChI=1S/C14H17NO3/c1-9-6-10(2)13-11(7-9)12(14(17)18)8-15(13)4-3-5-16/h6-8,16H,3-5H2,1-2H3,(H,17,18). The predicted molar refractivity (Wildman–Crippen MR) is 70.1 cm³/mol. The second kappa shape index (κ2) is 4.82. The van der Waals surface area contributed by atoms with E-state index in [9.17, 15) is 9.90 Å². The van der Waals surface area contributed by atoms with Crippen LogP contribution in [0.25, 0.3) is 10.9 Å². The number of aryl methyl sites for hydroxylation is 3. The lowest BCUT2D eigenvalue weighted by molar-refractivity contribution is 0.0699. The van der Waals surface area contributed by atoms with Crippen LogP contribution in [0, 0.1) is 13.8 Å². The molecule has 1 aromatic carbocycles. The van der Waals surface area contributed by atoms with Crippen LogP contribution in [0.15, 0.2) is 18.3 Å². The number of hydrogen-bond donors (Lipinski definition) is 2. The van der Waals surface area contributed by atoms with E-state index in [0.29, 0.717) is 18.5 Å². The molecule has 2 aromatic rings. The lowest BCUT2D eigenvalue weighted by Crippen LogP contribution is -2.00. The van der Waals surface area contributed by atoms with Crippen molar-refractivity contribution < 1.29 is 15.0 Å². The monoisotopic (exact) mass is 247 g/mol. The van der Waals surface area contributed by atoms with Gasteiger partial charge in [0.1, 0.15) is 0 Å². The summed E-state index contributed by atoms with van der Waals surface area (Å²) in [5.41, 5.74) is 3.40. The first-order chi connectivity index (χ1) is 8.54. The van der Waals surface area contributed by atoms with Crippen LogP contribution >= 0.6 is 0 Å². The van der Waals surface area contributed by atoms with Crippen molar-refractivity contribution in [3.05, 3.63) is 35.0 Å². The fourth-order valence-corrected chi connectivity index (χ4v) is 2.42. The van der Waals surface area contributed by atoms with Gasteiger partial charge in [-0.25, -0.2) is 4.79 Å². The highest BCUT2D eigenvalue weighted by atomic mass is 16.4. The second-order valence-electron chi connectivity index (χ2n) is 4.60. The van der Waals surface area contributed by atoms with E-state index in [2.05, 4.69) is 0 Å². The highest BCUT2D eigenvalue weighted by Crippen LogP contribution is 2.26. The van der Waals surface area contributed by atoms with Crippen LogP contribution in [0.5, 0.6) is 0 Å². The maximum Gasteiger partial charge on any atom is 0.337 e. The molecule has 1 aromatic heterocycles. The number of carboxylic acid groups (broad SMARTS) is 1. The predicted octanol–water partition coefficient (Wildman–Crippen LogP) is 2.34. The molecule has 0 radical (unpaired) electrons. The van der Waals surface area contributed by atoms with E-state index in [4.69, 9.17) is 5.11 Å². The highest BCUT2D eigenvalue weighted by molar-refractivity contribution is 6.04. The Morgan fingerprint density at radius 2 is 2.06 bits per heavy atom. The first-order valence-corrected chi connectivity index (χ1v) is 5.99. The SMILES string of the molecule is Cc1cc(C)c2c(c1)c(C(=O)O)cn2CCCO. The zero-order valence-electron chi connectivity index (χ0n) is 10.6. The molecule has 0 bridgehead atoms. The number of hydrogen-bond acceptors (Lipinski definition) is 2.